The molecule has 0 aliphatic heterocycles. The van der Waals surface area contributed by atoms with Crippen molar-refractivity contribution in [1.82, 2.24) is 5.32 Å². The van der Waals surface area contributed by atoms with Gasteiger partial charge in [-0.15, -0.1) is 0 Å². The van der Waals surface area contributed by atoms with Crippen molar-refractivity contribution in [2.75, 3.05) is 6.54 Å². The van der Waals surface area contributed by atoms with Crippen LogP contribution >= 0.6 is 34.8 Å². The van der Waals surface area contributed by atoms with Gasteiger partial charge in [-0.25, -0.2) is 0 Å². The molecule has 2 aromatic rings. The smallest absolute Gasteiger partial charge is 0.0624 e. The minimum absolute atomic E-state index is 0.120. The number of benzene rings is 2. The number of hydrogen-bond donors (Lipinski definition) is 1. The van der Waals surface area contributed by atoms with Crippen LogP contribution in [0.4, 0.5) is 0 Å². The molecule has 1 atom stereocenters. The minimum Gasteiger partial charge on any atom is -0.310 e. The van der Waals surface area contributed by atoms with Gasteiger partial charge in [0, 0.05) is 11.1 Å². The molecule has 0 heterocycles. The molecule has 2 aromatic carbocycles. The summed E-state index contributed by atoms with van der Waals surface area (Å²) in [6, 6.07) is 13.8. The predicted octanol–water partition coefficient (Wildman–Crippen LogP) is 5.93. The van der Waals surface area contributed by atoms with E-state index in [1.807, 2.05) is 36.4 Å². The first-order valence-corrected chi connectivity index (χ1v) is 8.17. The number of rotatable bonds is 6. The van der Waals surface area contributed by atoms with Crippen LogP contribution in [0.5, 0.6) is 0 Å². The van der Waals surface area contributed by atoms with E-state index in [2.05, 4.69) is 12.2 Å². The summed E-state index contributed by atoms with van der Waals surface area (Å²) in [7, 11) is 0. The van der Waals surface area contributed by atoms with Gasteiger partial charge in [-0.05, 0) is 42.6 Å². The molecule has 1 N–H and O–H groups in total. The summed E-state index contributed by atoms with van der Waals surface area (Å²) in [5.41, 5.74) is 2.11. The summed E-state index contributed by atoms with van der Waals surface area (Å²) in [4.78, 5) is 0. The van der Waals surface area contributed by atoms with E-state index >= 15 is 0 Å². The van der Waals surface area contributed by atoms with Crippen LogP contribution < -0.4 is 5.32 Å². The lowest BCUT2D eigenvalue weighted by molar-refractivity contribution is 0.529. The SMILES string of the molecule is CCCNC(Cc1cccc(Cl)c1Cl)c1ccccc1Cl. The Balaban J connectivity index is 2.28. The average molecular weight is 343 g/mol. The molecule has 0 radical (unpaired) electrons. The van der Waals surface area contributed by atoms with Crippen molar-refractivity contribution in [2.45, 2.75) is 25.8 Å². The molecule has 0 spiro atoms. The molecule has 0 aromatic heterocycles. The second kappa shape index (κ2) is 8.05. The Kier molecular flexibility index (Phi) is 6.38. The predicted molar refractivity (Wildman–Crippen MR) is 92.7 cm³/mol. The zero-order valence-corrected chi connectivity index (χ0v) is 14.1. The Hall–Kier alpha value is -0.730. The van der Waals surface area contributed by atoms with E-state index in [1.54, 1.807) is 6.07 Å². The maximum atomic E-state index is 6.34. The van der Waals surface area contributed by atoms with Crippen molar-refractivity contribution in [3.8, 4) is 0 Å². The molecule has 1 unspecified atom stereocenters. The van der Waals surface area contributed by atoms with E-state index in [9.17, 15) is 0 Å². The van der Waals surface area contributed by atoms with Gasteiger partial charge in [-0.1, -0.05) is 72.1 Å². The molecule has 0 bridgehead atoms. The van der Waals surface area contributed by atoms with Gasteiger partial charge in [0.2, 0.25) is 0 Å². The minimum atomic E-state index is 0.120. The Bertz CT molecular complexity index is 598. The lowest BCUT2D eigenvalue weighted by Gasteiger charge is -2.21. The molecule has 0 saturated carbocycles. The van der Waals surface area contributed by atoms with Crippen LogP contribution in [0, 0.1) is 0 Å². The highest BCUT2D eigenvalue weighted by Gasteiger charge is 2.16. The third-order valence-corrected chi connectivity index (χ3v) is 4.58. The summed E-state index contributed by atoms with van der Waals surface area (Å²) >= 11 is 18.7. The van der Waals surface area contributed by atoms with Crippen LogP contribution in [0.1, 0.15) is 30.5 Å². The van der Waals surface area contributed by atoms with Gasteiger partial charge in [-0.3, -0.25) is 0 Å². The highest BCUT2D eigenvalue weighted by atomic mass is 35.5. The first-order chi connectivity index (χ1) is 10.1. The fourth-order valence-electron chi connectivity index (χ4n) is 2.29. The second-order valence-corrected chi connectivity index (χ2v) is 6.14. The van der Waals surface area contributed by atoms with Crippen molar-refractivity contribution in [3.63, 3.8) is 0 Å². The molecule has 1 nitrogen and oxygen atoms in total. The van der Waals surface area contributed by atoms with Crippen LogP contribution in [0.3, 0.4) is 0 Å². The molecular formula is C17H18Cl3N. The first-order valence-electron chi connectivity index (χ1n) is 7.04. The molecule has 21 heavy (non-hydrogen) atoms. The summed E-state index contributed by atoms with van der Waals surface area (Å²) in [6.07, 6.45) is 1.81. The van der Waals surface area contributed by atoms with Gasteiger partial charge in [0.1, 0.15) is 0 Å². The quantitative estimate of drug-likeness (QED) is 0.686. The van der Waals surface area contributed by atoms with E-state index in [4.69, 9.17) is 34.8 Å². The normalized spacial score (nSPS) is 12.4. The zero-order chi connectivity index (χ0) is 15.2. The Morgan fingerprint density at radius 3 is 2.38 bits per heavy atom. The van der Waals surface area contributed by atoms with E-state index in [0.29, 0.717) is 10.0 Å². The molecule has 112 valence electrons. The number of hydrogen-bond acceptors (Lipinski definition) is 1. The van der Waals surface area contributed by atoms with Crippen molar-refractivity contribution >= 4 is 34.8 Å². The third kappa shape index (κ3) is 4.37. The second-order valence-electron chi connectivity index (χ2n) is 4.95. The van der Waals surface area contributed by atoms with E-state index < -0.39 is 0 Å². The van der Waals surface area contributed by atoms with Crippen LogP contribution in [-0.4, -0.2) is 6.54 Å². The molecule has 0 amide bonds. The molecule has 0 fully saturated rings. The maximum absolute atomic E-state index is 6.34. The Morgan fingerprint density at radius 2 is 1.67 bits per heavy atom. The van der Waals surface area contributed by atoms with Gasteiger partial charge in [0.25, 0.3) is 0 Å². The third-order valence-electron chi connectivity index (χ3n) is 3.38. The summed E-state index contributed by atoms with van der Waals surface area (Å²) in [5.74, 6) is 0. The molecule has 0 aliphatic rings. The monoisotopic (exact) mass is 341 g/mol. The lowest BCUT2D eigenvalue weighted by Crippen LogP contribution is -2.24. The van der Waals surface area contributed by atoms with Crippen LogP contribution in [0.25, 0.3) is 0 Å². The number of halogens is 3. The van der Waals surface area contributed by atoms with E-state index in [0.717, 1.165) is 35.5 Å². The first kappa shape index (κ1) is 16.6. The average Bonchev–Trinajstić information content (AvgIpc) is 2.48. The number of nitrogens with one attached hydrogen (secondary N) is 1. The molecular weight excluding hydrogens is 325 g/mol. The zero-order valence-electron chi connectivity index (χ0n) is 11.9. The molecule has 0 aliphatic carbocycles. The van der Waals surface area contributed by atoms with Crippen LogP contribution in [0.2, 0.25) is 15.1 Å². The Labute approximate surface area is 141 Å². The summed E-state index contributed by atoms with van der Waals surface area (Å²) < 4.78 is 0. The standard InChI is InChI=1S/C17H18Cl3N/c1-2-10-21-16(13-7-3-4-8-14(13)18)11-12-6-5-9-15(19)17(12)20/h3-9,16,21H,2,10-11H2,1H3. The van der Waals surface area contributed by atoms with Gasteiger partial charge in [-0.2, -0.15) is 0 Å². The highest BCUT2D eigenvalue weighted by Crippen LogP contribution is 2.31. The fourth-order valence-corrected chi connectivity index (χ4v) is 2.96. The maximum Gasteiger partial charge on any atom is 0.0624 e. The van der Waals surface area contributed by atoms with Crippen molar-refractivity contribution in [2.24, 2.45) is 0 Å². The molecule has 2 rings (SSSR count). The highest BCUT2D eigenvalue weighted by molar-refractivity contribution is 6.42. The largest absolute Gasteiger partial charge is 0.310 e. The van der Waals surface area contributed by atoms with Crippen molar-refractivity contribution in [1.29, 1.82) is 0 Å². The summed E-state index contributed by atoms with van der Waals surface area (Å²) in [6.45, 7) is 3.07. The summed E-state index contributed by atoms with van der Waals surface area (Å²) in [5, 5.41) is 5.51. The fraction of sp³-hybridized carbons (Fsp3) is 0.294. The van der Waals surface area contributed by atoms with Crippen molar-refractivity contribution in [3.05, 3.63) is 68.7 Å². The van der Waals surface area contributed by atoms with Crippen molar-refractivity contribution < 1.29 is 0 Å². The lowest BCUT2D eigenvalue weighted by atomic mass is 9.98. The van der Waals surface area contributed by atoms with Gasteiger partial charge < -0.3 is 5.32 Å². The van der Waals surface area contributed by atoms with Gasteiger partial charge in [0.15, 0.2) is 0 Å². The van der Waals surface area contributed by atoms with Gasteiger partial charge in [0.05, 0.1) is 10.0 Å². The Morgan fingerprint density at radius 1 is 0.952 bits per heavy atom. The molecule has 0 saturated heterocycles. The van der Waals surface area contributed by atoms with Gasteiger partial charge >= 0.3 is 0 Å². The van der Waals surface area contributed by atoms with E-state index in [1.165, 1.54) is 0 Å². The van der Waals surface area contributed by atoms with Crippen LogP contribution in [-0.2, 0) is 6.42 Å². The molecule has 4 heteroatoms. The van der Waals surface area contributed by atoms with E-state index in [-0.39, 0.29) is 6.04 Å². The van der Waals surface area contributed by atoms with Crippen LogP contribution in [0.15, 0.2) is 42.5 Å². The topological polar surface area (TPSA) is 12.0 Å².